The number of nitrogens with one attached hydrogen (secondary N) is 1. The molecule has 0 bridgehead atoms. The van der Waals surface area contributed by atoms with Gasteiger partial charge in [-0.05, 0) is 63.4 Å². The molecule has 2 atom stereocenters. The third-order valence-corrected chi connectivity index (χ3v) is 3.79. The molecule has 2 rings (SSSR count). The lowest BCUT2D eigenvalue weighted by Crippen LogP contribution is -2.36. The molecule has 100 valence electrons. The maximum absolute atomic E-state index is 6.24. The second kappa shape index (κ2) is 6.24. The van der Waals surface area contributed by atoms with Crippen molar-refractivity contribution in [3.05, 3.63) is 29.3 Å². The summed E-state index contributed by atoms with van der Waals surface area (Å²) in [4.78, 5) is 0. The van der Waals surface area contributed by atoms with Gasteiger partial charge in [0.25, 0.3) is 0 Å². The minimum Gasteiger partial charge on any atom is -0.490 e. The normalized spacial score (nSPS) is 23.9. The van der Waals surface area contributed by atoms with Crippen LogP contribution < -0.4 is 10.1 Å². The van der Waals surface area contributed by atoms with Crippen LogP contribution in [-0.2, 0) is 0 Å². The molecule has 18 heavy (non-hydrogen) atoms. The number of ether oxygens (including phenoxy) is 1. The Labute approximate surface area is 111 Å². The molecule has 2 heteroatoms. The van der Waals surface area contributed by atoms with Crippen LogP contribution in [0.3, 0.4) is 0 Å². The van der Waals surface area contributed by atoms with E-state index in [1.807, 2.05) is 7.05 Å². The number of rotatable bonds is 4. The SMILES string of the molecule is CNCC1CCCCC1Oc1cc(C)cc(C)c1. The van der Waals surface area contributed by atoms with E-state index in [1.165, 1.54) is 36.8 Å². The minimum absolute atomic E-state index is 0.382. The van der Waals surface area contributed by atoms with Crippen molar-refractivity contribution in [1.82, 2.24) is 5.32 Å². The summed E-state index contributed by atoms with van der Waals surface area (Å²) < 4.78 is 6.24. The quantitative estimate of drug-likeness (QED) is 0.879. The molecule has 0 amide bonds. The van der Waals surface area contributed by atoms with Crippen molar-refractivity contribution >= 4 is 0 Å². The van der Waals surface area contributed by atoms with E-state index in [4.69, 9.17) is 4.74 Å². The van der Waals surface area contributed by atoms with Gasteiger partial charge in [-0.2, -0.15) is 0 Å². The first-order valence-electron chi connectivity index (χ1n) is 7.08. The van der Waals surface area contributed by atoms with E-state index >= 15 is 0 Å². The van der Waals surface area contributed by atoms with E-state index in [-0.39, 0.29) is 0 Å². The molecule has 1 fully saturated rings. The van der Waals surface area contributed by atoms with Gasteiger partial charge in [-0.25, -0.2) is 0 Å². The number of hydrogen-bond donors (Lipinski definition) is 1. The van der Waals surface area contributed by atoms with Crippen molar-refractivity contribution in [2.75, 3.05) is 13.6 Å². The molecule has 1 aliphatic carbocycles. The van der Waals surface area contributed by atoms with Crippen molar-refractivity contribution in [2.24, 2.45) is 5.92 Å². The van der Waals surface area contributed by atoms with Crippen LogP contribution in [0.15, 0.2) is 18.2 Å². The molecule has 0 radical (unpaired) electrons. The fourth-order valence-corrected chi connectivity index (χ4v) is 3.00. The zero-order valence-electron chi connectivity index (χ0n) is 11.8. The van der Waals surface area contributed by atoms with Crippen LogP contribution in [-0.4, -0.2) is 19.7 Å². The van der Waals surface area contributed by atoms with Gasteiger partial charge >= 0.3 is 0 Å². The number of aryl methyl sites for hydroxylation is 2. The Kier molecular flexibility index (Phi) is 4.65. The summed E-state index contributed by atoms with van der Waals surface area (Å²) in [5.74, 6) is 1.70. The predicted octanol–water partition coefficient (Wildman–Crippen LogP) is 3.46. The monoisotopic (exact) mass is 247 g/mol. The van der Waals surface area contributed by atoms with Crippen LogP contribution in [0.2, 0.25) is 0 Å². The van der Waals surface area contributed by atoms with E-state index in [2.05, 4.69) is 37.4 Å². The fourth-order valence-electron chi connectivity index (χ4n) is 3.00. The highest BCUT2D eigenvalue weighted by atomic mass is 16.5. The predicted molar refractivity (Wildman–Crippen MR) is 76.2 cm³/mol. The smallest absolute Gasteiger partial charge is 0.120 e. The summed E-state index contributed by atoms with van der Waals surface area (Å²) in [6.45, 7) is 5.33. The molecule has 0 aliphatic heterocycles. The summed E-state index contributed by atoms with van der Waals surface area (Å²) >= 11 is 0. The first kappa shape index (κ1) is 13.4. The fraction of sp³-hybridized carbons (Fsp3) is 0.625. The van der Waals surface area contributed by atoms with Crippen LogP contribution in [0.25, 0.3) is 0 Å². The maximum Gasteiger partial charge on any atom is 0.120 e. The Morgan fingerprint density at radius 1 is 1.11 bits per heavy atom. The van der Waals surface area contributed by atoms with Crippen LogP contribution in [0.5, 0.6) is 5.75 Å². The van der Waals surface area contributed by atoms with Gasteiger partial charge in [-0.1, -0.05) is 12.5 Å². The minimum atomic E-state index is 0.382. The average molecular weight is 247 g/mol. The van der Waals surface area contributed by atoms with Crippen LogP contribution in [0, 0.1) is 19.8 Å². The molecular weight excluding hydrogens is 222 g/mol. The Morgan fingerprint density at radius 3 is 2.44 bits per heavy atom. The van der Waals surface area contributed by atoms with Crippen LogP contribution >= 0.6 is 0 Å². The van der Waals surface area contributed by atoms with Gasteiger partial charge in [0.1, 0.15) is 11.9 Å². The molecule has 0 heterocycles. The molecule has 2 unspecified atom stereocenters. The van der Waals surface area contributed by atoms with E-state index in [0.29, 0.717) is 12.0 Å². The summed E-state index contributed by atoms with van der Waals surface area (Å²) in [6, 6.07) is 6.49. The van der Waals surface area contributed by atoms with E-state index in [0.717, 1.165) is 12.3 Å². The first-order valence-corrected chi connectivity index (χ1v) is 7.08. The summed E-state index contributed by atoms with van der Waals surface area (Å²) in [5.41, 5.74) is 2.57. The molecule has 1 aromatic rings. The van der Waals surface area contributed by atoms with Gasteiger partial charge in [0.15, 0.2) is 0 Å². The Balaban J connectivity index is 2.05. The highest BCUT2D eigenvalue weighted by Gasteiger charge is 2.26. The van der Waals surface area contributed by atoms with Crippen molar-refractivity contribution in [1.29, 1.82) is 0 Å². The molecule has 1 aliphatic rings. The van der Waals surface area contributed by atoms with Gasteiger partial charge in [0.05, 0.1) is 0 Å². The van der Waals surface area contributed by atoms with Crippen molar-refractivity contribution < 1.29 is 4.74 Å². The van der Waals surface area contributed by atoms with E-state index in [9.17, 15) is 0 Å². The second-order valence-corrected chi connectivity index (χ2v) is 5.58. The lowest BCUT2D eigenvalue weighted by Gasteiger charge is -2.32. The standard InChI is InChI=1S/C16H25NO/c1-12-8-13(2)10-15(9-12)18-16-7-5-4-6-14(16)11-17-3/h8-10,14,16-17H,4-7,11H2,1-3H3. The van der Waals surface area contributed by atoms with Gasteiger partial charge in [-0.15, -0.1) is 0 Å². The third kappa shape index (κ3) is 3.49. The number of hydrogen-bond acceptors (Lipinski definition) is 2. The van der Waals surface area contributed by atoms with Crippen LogP contribution in [0.4, 0.5) is 0 Å². The zero-order valence-corrected chi connectivity index (χ0v) is 11.8. The Bertz CT molecular complexity index is 366. The Hall–Kier alpha value is -1.02. The highest BCUT2D eigenvalue weighted by molar-refractivity contribution is 5.33. The van der Waals surface area contributed by atoms with Crippen LogP contribution in [0.1, 0.15) is 36.8 Å². The first-order chi connectivity index (χ1) is 8.69. The number of benzene rings is 1. The Morgan fingerprint density at radius 2 is 1.78 bits per heavy atom. The topological polar surface area (TPSA) is 21.3 Å². The highest BCUT2D eigenvalue weighted by Crippen LogP contribution is 2.29. The molecule has 0 aromatic heterocycles. The molecule has 0 spiro atoms. The summed E-state index contributed by atoms with van der Waals surface area (Å²) in [5, 5.41) is 3.30. The molecule has 1 saturated carbocycles. The largest absolute Gasteiger partial charge is 0.490 e. The average Bonchev–Trinajstić information content (AvgIpc) is 2.30. The zero-order chi connectivity index (χ0) is 13.0. The molecule has 1 N–H and O–H groups in total. The second-order valence-electron chi connectivity index (χ2n) is 5.58. The van der Waals surface area contributed by atoms with Crippen molar-refractivity contribution in [3.8, 4) is 5.75 Å². The van der Waals surface area contributed by atoms with E-state index in [1.54, 1.807) is 0 Å². The summed E-state index contributed by atoms with van der Waals surface area (Å²) in [6.07, 6.45) is 5.51. The van der Waals surface area contributed by atoms with Crippen molar-refractivity contribution in [3.63, 3.8) is 0 Å². The van der Waals surface area contributed by atoms with Gasteiger partial charge in [0.2, 0.25) is 0 Å². The maximum atomic E-state index is 6.24. The third-order valence-electron chi connectivity index (χ3n) is 3.79. The van der Waals surface area contributed by atoms with E-state index < -0.39 is 0 Å². The van der Waals surface area contributed by atoms with Gasteiger partial charge in [0, 0.05) is 12.5 Å². The molecule has 1 aromatic carbocycles. The van der Waals surface area contributed by atoms with Gasteiger partial charge < -0.3 is 10.1 Å². The summed E-state index contributed by atoms with van der Waals surface area (Å²) in [7, 11) is 2.03. The molecular formula is C16H25NO. The van der Waals surface area contributed by atoms with Crippen molar-refractivity contribution in [2.45, 2.75) is 45.6 Å². The lowest BCUT2D eigenvalue weighted by molar-refractivity contribution is 0.0930. The lowest BCUT2D eigenvalue weighted by atomic mass is 9.86. The molecule has 0 saturated heterocycles. The van der Waals surface area contributed by atoms with Gasteiger partial charge in [-0.3, -0.25) is 0 Å². The molecule has 2 nitrogen and oxygen atoms in total.